The van der Waals surface area contributed by atoms with Gasteiger partial charge in [-0.2, -0.15) is 0 Å². The third-order valence-corrected chi connectivity index (χ3v) is 1.87. The molecule has 0 aliphatic carbocycles. The van der Waals surface area contributed by atoms with Crippen molar-refractivity contribution in [2.45, 2.75) is 6.92 Å². The number of aliphatic imine (C=N–C) groups is 1. The van der Waals surface area contributed by atoms with Crippen LogP contribution in [0.1, 0.15) is 6.92 Å². The van der Waals surface area contributed by atoms with E-state index in [9.17, 15) is 0 Å². The van der Waals surface area contributed by atoms with E-state index in [0.717, 1.165) is 17.5 Å². The van der Waals surface area contributed by atoms with Crippen LogP contribution in [0.2, 0.25) is 0 Å². The number of allylic oxidation sites excluding steroid dienone is 1. The first-order valence-corrected chi connectivity index (χ1v) is 3.97. The quantitative estimate of drug-likeness (QED) is 0.595. The van der Waals surface area contributed by atoms with Crippen LogP contribution in [0, 0.1) is 0 Å². The minimum Gasteiger partial charge on any atom is -0.342 e. The molecule has 9 heavy (non-hydrogen) atoms. The smallest absolute Gasteiger partial charge is 0.160 e. The average Bonchev–Trinajstić information content (AvgIpc) is 2.34. The van der Waals surface area contributed by atoms with Crippen molar-refractivity contribution in [2.75, 3.05) is 12.3 Å². The monoisotopic (exact) mass is 142 g/mol. The van der Waals surface area contributed by atoms with E-state index in [0.29, 0.717) is 0 Å². The van der Waals surface area contributed by atoms with Crippen molar-refractivity contribution in [2.24, 2.45) is 4.99 Å². The van der Waals surface area contributed by atoms with Gasteiger partial charge in [-0.3, -0.25) is 4.99 Å². The fourth-order valence-corrected chi connectivity index (χ4v) is 1.29. The molecule has 0 saturated carbocycles. The Bertz CT molecular complexity index is 140. The molecule has 0 spiro atoms. The normalized spacial score (nSPS) is 18.6. The van der Waals surface area contributed by atoms with Crippen molar-refractivity contribution in [3.63, 3.8) is 0 Å². The van der Waals surface area contributed by atoms with E-state index in [4.69, 9.17) is 0 Å². The lowest BCUT2D eigenvalue weighted by Gasteiger charge is -1.94. The minimum atomic E-state index is 0.963. The first-order chi connectivity index (χ1) is 4.43. The zero-order valence-electron chi connectivity index (χ0n) is 5.42. The number of hydrogen-bond acceptors (Lipinski definition) is 3. The summed E-state index contributed by atoms with van der Waals surface area (Å²) in [5.74, 6) is 1.12. The number of hydrogen-bond donors (Lipinski definition) is 1. The van der Waals surface area contributed by atoms with Crippen LogP contribution in [0.3, 0.4) is 0 Å². The lowest BCUT2D eigenvalue weighted by atomic mass is 10.7. The molecule has 0 fully saturated rings. The molecule has 0 bridgehead atoms. The van der Waals surface area contributed by atoms with Gasteiger partial charge in [0.1, 0.15) is 0 Å². The Kier molecular flexibility index (Phi) is 2.64. The van der Waals surface area contributed by atoms with E-state index < -0.39 is 0 Å². The van der Waals surface area contributed by atoms with Crippen LogP contribution >= 0.6 is 11.8 Å². The van der Waals surface area contributed by atoms with Crippen molar-refractivity contribution in [1.82, 2.24) is 5.32 Å². The maximum atomic E-state index is 4.19. The van der Waals surface area contributed by atoms with Gasteiger partial charge in [0.15, 0.2) is 5.17 Å². The second-order valence-electron chi connectivity index (χ2n) is 1.68. The highest BCUT2D eigenvalue weighted by Gasteiger charge is 2.02. The van der Waals surface area contributed by atoms with E-state index >= 15 is 0 Å². The van der Waals surface area contributed by atoms with Crippen LogP contribution < -0.4 is 5.32 Å². The van der Waals surface area contributed by atoms with Gasteiger partial charge in [-0.25, -0.2) is 0 Å². The summed E-state index contributed by atoms with van der Waals surface area (Å²) in [7, 11) is 0. The summed E-state index contributed by atoms with van der Waals surface area (Å²) in [6, 6.07) is 0. The van der Waals surface area contributed by atoms with E-state index in [2.05, 4.69) is 10.3 Å². The molecule has 0 amide bonds. The second-order valence-corrected chi connectivity index (χ2v) is 2.76. The van der Waals surface area contributed by atoms with Crippen LogP contribution in [-0.4, -0.2) is 17.5 Å². The zero-order chi connectivity index (χ0) is 6.53. The molecule has 0 radical (unpaired) electrons. The molecule has 0 aromatic carbocycles. The predicted octanol–water partition coefficient (Wildman–Crippen LogP) is 1.21. The van der Waals surface area contributed by atoms with Crippen LogP contribution in [-0.2, 0) is 0 Å². The van der Waals surface area contributed by atoms with Gasteiger partial charge in [0.25, 0.3) is 0 Å². The molecular formula is C6H10N2S. The van der Waals surface area contributed by atoms with Crippen LogP contribution in [0.25, 0.3) is 0 Å². The van der Waals surface area contributed by atoms with E-state index in [-0.39, 0.29) is 0 Å². The number of amidine groups is 1. The van der Waals surface area contributed by atoms with Gasteiger partial charge >= 0.3 is 0 Å². The summed E-state index contributed by atoms with van der Waals surface area (Å²) in [4.78, 5) is 4.19. The molecule has 0 saturated heterocycles. The Morgan fingerprint density at radius 2 is 2.67 bits per heavy atom. The minimum absolute atomic E-state index is 0.963. The van der Waals surface area contributed by atoms with Gasteiger partial charge in [-0.05, 0) is 13.1 Å². The van der Waals surface area contributed by atoms with Gasteiger partial charge in [-0.15, -0.1) is 0 Å². The van der Waals surface area contributed by atoms with Crippen molar-refractivity contribution in [3.8, 4) is 0 Å². The highest BCUT2D eigenvalue weighted by molar-refractivity contribution is 8.14. The SMILES string of the molecule is C/C=C/NC1=NCCS1. The molecule has 0 aromatic rings. The predicted molar refractivity (Wildman–Crippen MR) is 42.7 cm³/mol. The van der Waals surface area contributed by atoms with Gasteiger partial charge < -0.3 is 5.32 Å². The summed E-state index contributed by atoms with van der Waals surface area (Å²) >= 11 is 1.77. The topological polar surface area (TPSA) is 24.4 Å². The Balaban J connectivity index is 2.26. The molecule has 50 valence electrons. The number of nitrogens with one attached hydrogen (secondary N) is 1. The van der Waals surface area contributed by atoms with Crippen LogP contribution in [0.4, 0.5) is 0 Å². The second kappa shape index (κ2) is 3.56. The first kappa shape index (κ1) is 6.68. The lowest BCUT2D eigenvalue weighted by Crippen LogP contribution is -2.09. The van der Waals surface area contributed by atoms with E-state index in [1.807, 2.05) is 19.2 Å². The summed E-state index contributed by atoms with van der Waals surface area (Å²) in [6.45, 7) is 2.94. The zero-order valence-corrected chi connectivity index (χ0v) is 6.24. The van der Waals surface area contributed by atoms with Gasteiger partial charge in [0.2, 0.25) is 0 Å². The molecule has 1 N–H and O–H groups in total. The molecule has 3 heteroatoms. The largest absolute Gasteiger partial charge is 0.342 e. The Labute approximate surface area is 59.4 Å². The fraction of sp³-hybridized carbons (Fsp3) is 0.500. The van der Waals surface area contributed by atoms with Crippen molar-refractivity contribution < 1.29 is 0 Å². The van der Waals surface area contributed by atoms with Gasteiger partial charge in [0, 0.05) is 5.75 Å². The van der Waals surface area contributed by atoms with Crippen LogP contribution in [0.15, 0.2) is 17.3 Å². The molecule has 0 atom stereocenters. The Hall–Kier alpha value is -0.440. The molecule has 1 heterocycles. The molecule has 1 rings (SSSR count). The Morgan fingerprint density at radius 3 is 3.22 bits per heavy atom. The van der Waals surface area contributed by atoms with Crippen molar-refractivity contribution >= 4 is 16.9 Å². The standard InChI is InChI=1S/C6H10N2S/c1-2-3-7-6-8-4-5-9-6/h2-3H,4-5H2,1H3,(H,7,8)/b3-2+. The average molecular weight is 142 g/mol. The van der Waals surface area contributed by atoms with E-state index in [1.165, 1.54) is 0 Å². The number of thioether (sulfide) groups is 1. The van der Waals surface area contributed by atoms with Crippen LogP contribution in [0.5, 0.6) is 0 Å². The number of nitrogens with zero attached hydrogens (tertiary/aromatic N) is 1. The highest BCUT2D eigenvalue weighted by Crippen LogP contribution is 2.08. The Morgan fingerprint density at radius 1 is 1.78 bits per heavy atom. The van der Waals surface area contributed by atoms with E-state index in [1.54, 1.807) is 11.8 Å². The molecule has 2 nitrogen and oxygen atoms in total. The highest BCUT2D eigenvalue weighted by atomic mass is 32.2. The molecule has 1 aliphatic rings. The van der Waals surface area contributed by atoms with Gasteiger partial charge in [0.05, 0.1) is 6.54 Å². The maximum Gasteiger partial charge on any atom is 0.160 e. The van der Waals surface area contributed by atoms with Crippen molar-refractivity contribution in [3.05, 3.63) is 12.3 Å². The molecule has 0 aromatic heterocycles. The first-order valence-electron chi connectivity index (χ1n) is 2.98. The number of rotatable bonds is 1. The molecular weight excluding hydrogens is 132 g/mol. The van der Waals surface area contributed by atoms with Crippen molar-refractivity contribution in [1.29, 1.82) is 0 Å². The molecule has 0 unspecified atom stereocenters. The summed E-state index contributed by atoms with van der Waals surface area (Å²) in [5, 5.41) is 4.11. The third-order valence-electron chi connectivity index (χ3n) is 0.959. The lowest BCUT2D eigenvalue weighted by molar-refractivity contribution is 1.15. The maximum absolute atomic E-state index is 4.19. The summed E-state index contributed by atoms with van der Waals surface area (Å²) < 4.78 is 0. The van der Waals surface area contributed by atoms with Gasteiger partial charge in [-0.1, -0.05) is 17.8 Å². The summed E-state index contributed by atoms with van der Waals surface area (Å²) in [6.07, 6.45) is 3.86. The third kappa shape index (κ3) is 2.10. The molecule has 1 aliphatic heterocycles. The fourth-order valence-electron chi connectivity index (χ4n) is 0.577. The summed E-state index contributed by atoms with van der Waals surface area (Å²) in [5.41, 5.74) is 0.